The van der Waals surface area contributed by atoms with E-state index in [1.165, 1.54) is 12.1 Å². The Morgan fingerprint density at radius 3 is 2.30 bits per heavy atom. The average molecular weight is 395 g/mol. The van der Waals surface area contributed by atoms with Crippen LogP contribution in [-0.4, -0.2) is 33.9 Å². The monoisotopic (exact) mass is 394 g/mol. The fourth-order valence-corrected chi connectivity index (χ4v) is 3.01. The summed E-state index contributed by atoms with van der Waals surface area (Å²) in [4.78, 5) is 0. The van der Waals surface area contributed by atoms with Crippen LogP contribution in [0.4, 0.5) is 4.39 Å². The van der Waals surface area contributed by atoms with Gasteiger partial charge in [0.25, 0.3) is 0 Å². The molecule has 0 saturated heterocycles. The molecule has 27 heavy (non-hydrogen) atoms. The van der Waals surface area contributed by atoms with Crippen molar-refractivity contribution in [1.29, 1.82) is 0 Å². The van der Waals surface area contributed by atoms with Gasteiger partial charge in [0.05, 0.1) is 12.9 Å². The first-order chi connectivity index (χ1) is 12.8. The summed E-state index contributed by atoms with van der Waals surface area (Å²) >= 11 is 0. The maximum absolute atomic E-state index is 12.9. The van der Waals surface area contributed by atoms with E-state index in [2.05, 4.69) is 10.0 Å². The fourth-order valence-electron chi connectivity index (χ4n) is 2.46. The number of rotatable bonds is 11. The molecule has 0 fully saturated rings. The highest BCUT2D eigenvalue weighted by Crippen LogP contribution is 2.13. The smallest absolute Gasteiger partial charge is 0.208 e. The van der Waals surface area contributed by atoms with E-state index in [0.29, 0.717) is 19.7 Å². The third kappa shape index (κ3) is 8.99. The molecule has 0 aliphatic heterocycles. The molecule has 0 aliphatic carbocycles. The molecule has 0 saturated carbocycles. The number of sulfonamides is 1. The largest absolute Gasteiger partial charge is 0.494 e. The number of benzene rings is 2. The summed E-state index contributed by atoms with van der Waals surface area (Å²) in [5.41, 5.74) is 2.20. The summed E-state index contributed by atoms with van der Waals surface area (Å²) in [6.07, 6.45) is 2.86. The second-order valence-corrected chi connectivity index (χ2v) is 8.46. The molecule has 1 atom stereocenters. The molecule has 1 unspecified atom stereocenters. The van der Waals surface area contributed by atoms with E-state index in [1.54, 1.807) is 12.1 Å². The molecule has 2 rings (SSSR count). The number of halogens is 1. The van der Waals surface area contributed by atoms with Gasteiger partial charge in [0.2, 0.25) is 10.0 Å². The van der Waals surface area contributed by atoms with Crippen molar-refractivity contribution in [3.8, 4) is 5.75 Å². The van der Waals surface area contributed by atoms with Gasteiger partial charge in [0, 0.05) is 19.1 Å². The maximum atomic E-state index is 12.9. The van der Waals surface area contributed by atoms with Gasteiger partial charge in [0.1, 0.15) is 11.6 Å². The van der Waals surface area contributed by atoms with E-state index < -0.39 is 10.0 Å². The Bertz CT molecular complexity index is 793. The maximum Gasteiger partial charge on any atom is 0.208 e. The Balaban J connectivity index is 1.66. The fraction of sp³-hybridized carbons (Fsp3) is 0.400. The summed E-state index contributed by atoms with van der Waals surface area (Å²) < 4.78 is 43.2. The van der Waals surface area contributed by atoms with E-state index in [1.807, 2.05) is 31.2 Å². The van der Waals surface area contributed by atoms with Gasteiger partial charge in [-0.15, -0.1) is 0 Å². The molecule has 0 amide bonds. The number of aryl methyl sites for hydroxylation is 1. The molecule has 5 nitrogen and oxygen atoms in total. The van der Waals surface area contributed by atoms with Crippen LogP contribution in [0.1, 0.15) is 24.5 Å². The molecule has 0 heterocycles. The van der Waals surface area contributed by atoms with Crippen LogP contribution in [0.2, 0.25) is 0 Å². The van der Waals surface area contributed by atoms with E-state index in [0.717, 1.165) is 36.0 Å². The Morgan fingerprint density at radius 1 is 1.04 bits per heavy atom. The molecule has 148 valence electrons. The predicted octanol–water partition coefficient (Wildman–Crippen LogP) is 2.86. The number of hydrogen-bond donors (Lipinski definition) is 2. The molecule has 0 radical (unpaired) electrons. The molecule has 0 spiro atoms. The second-order valence-electron chi connectivity index (χ2n) is 6.63. The zero-order valence-electron chi connectivity index (χ0n) is 15.7. The van der Waals surface area contributed by atoms with Crippen molar-refractivity contribution < 1.29 is 17.5 Å². The molecule has 0 bridgehead atoms. The third-order valence-corrected chi connectivity index (χ3v) is 4.71. The molecule has 0 aliphatic rings. The molecule has 0 aromatic heterocycles. The van der Waals surface area contributed by atoms with Gasteiger partial charge in [-0.25, -0.2) is 17.5 Å². The van der Waals surface area contributed by atoms with Gasteiger partial charge < -0.3 is 10.1 Å². The highest BCUT2D eigenvalue weighted by molar-refractivity contribution is 7.88. The molecule has 2 aromatic rings. The number of hydrogen-bond acceptors (Lipinski definition) is 4. The lowest BCUT2D eigenvalue weighted by Gasteiger charge is -2.14. The minimum atomic E-state index is -3.16. The summed E-state index contributed by atoms with van der Waals surface area (Å²) in [7, 11) is -3.16. The van der Waals surface area contributed by atoms with Crippen molar-refractivity contribution in [3.05, 3.63) is 65.5 Å². The minimum absolute atomic E-state index is 0.0297. The normalized spacial score (nSPS) is 12.7. The van der Waals surface area contributed by atoms with Gasteiger partial charge in [-0.3, -0.25) is 0 Å². The SMILES string of the molecule is CC(CNS(C)(=O)=O)NCc1ccc(OCCCc2ccc(F)cc2)cc1. The first-order valence-corrected chi connectivity index (χ1v) is 10.9. The standard InChI is InChI=1S/C20H27FN2O3S/c1-16(14-23-27(2,24)25)22-15-18-7-11-20(12-8-18)26-13-3-4-17-5-9-19(21)10-6-17/h5-12,16,22-23H,3-4,13-15H2,1-2H3. The lowest BCUT2D eigenvalue weighted by Crippen LogP contribution is -2.38. The lowest BCUT2D eigenvalue weighted by molar-refractivity contribution is 0.311. The van der Waals surface area contributed by atoms with Gasteiger partial charge in [-0.1, -0.05) is 24.3 Å². The van der Waals surface area contributed by atoms with Crippen molar-refractivity contribution in [1.82, 2.24) is 10.0 Å². The molecule has 2 aromatic carbocycles. The topological polar surface area (TPSA) is 67.4 Å². The van der Waals surface area contributed by atoms with Crippen LogP contribution in [0, 0.1) is 5.82 Å². The Morgan fingerprint density at radius 2 is 1.67 bits per heavy atom. The van der Waals surface area contributed by atoms with Gasteiger partial charge in [0.15, 0.2) is 0 Å². The van der Waals surface area contributed by atoms with Crippen molar-refractivity contribution in [2.24, 2.45) is 0 Å². The van der Waals surface area contributed by atoms with E-state index in [-0.39, 0.29) is 11.9 Å². The van der Waals surface area contributed by atoms with E-state index >= 15 is 0 Å². The quantitative estimate of drug-likeness (QED) is 0.575. The van der Waals surface area contributed by atoms with E-state index in [4.69, 9.17) is 4.74 Å². The molecular formula is C20H27FN2O3S. The second kappa shape index (κ2) is 10.4. The average Bonchev–Trinajstić information content (AvgIpc) is 2.63. The zero-order valence-corrected chi connectivity index (χ0v) is 16.6. The predicted molar refractivity (Wildman–Crippen MR) is 106 cm³/mol. The molecule has 7 heteroatoms. The number of ether oxygens (including phenoxy) is 1. The highest BCUT2D eigenvalue weighted by atomic mass is 32.2. The minimum Gasteiger partial charge on any atom is -0.494 e. The first kappa shape index (κ1) is 21.3. The first-order valence-electron chi connectivity index (χ1n) is 8.96. The van der Waals surface area contributed by atoms with Gasteiger partial charge in [-0.2, -0.15) is 0 Å². The molecular weight excluding hydrogens is 367 g/mol. The van der Waals surface area contributed by atoms with Crippen molar-refractivity contribution >= 4 is 10.0 Å². The summed E-state index contributed by atoms with van der Waals surface area (Å²) in [5.74, 6) is 0.593. The van der Waals surface area contributed by atoms with Crippen molar-refractivity contribution in [2.45, 2.75) is 32.4 Å². The Hall–Kier alpha value is -1.96. The summed E-state index contributed by atoms with van der Waals surface area (Å²) in [6, 6.07) is 14.4. The van der Waals surface area contributed by atoms with Crippen LogP contribution < -0.4 is 14.8 Å². The van der Waals surface area contributed by atoms with Crippen molar-refractivity contribution in [3.63, 3.8) is 0 Å². The number of nitrogens with one attached hydrogen (secondary N) is 2. The van der Waals surface area contributed by atoms with Crippen LogP contribution in [0.5, 0.6) is 5.75 Å². The van der Waals surface area contributed by atoms with E-state index in [9.17, 15) is 12.8 Å². The molecule has 2 N–H and O–H groups in total. The van der Waals surface area contributed by atoms with Crippen LogP contribution >= 0.6 is 0 Å². The van der Waals surface area contributed by atoms with Crippen LogP contribution in [-0.2, 0) is 23.0 Å². The summed E-state index contributed by atoms with van der Waals surface area (Å²) in [6.45, 7) is 3.53. The van der Waals surface area contributed by atoms with Crippen LogP contribution in [0.3, 0.4) is 0 Å². The van der Waals surface area contributed by atoms with Gasteiger partial charge in [-0.05, 0) is 55.2 Å². The van der Waals surface area contributed by atoms with Crippen LogP contribution in [0.15, 0.2) is 48.5 Å². The summed E-state index contributed by atoms with van der Waals surface area (Å²) in [5, 5.41) is 3.27. The third-order valence-electron chi connectivity index (χ3n) is 4.02. The lowest BCUT2D eigenvalue weighted by atomic mass is 10.1. The Kier molecular flexibility index (Phi) is 8.22. The Labute approximate surface area is 161 Å². The zero-order chi connectivity index (χ0) is 19.7. The highest BCUT2D eigenvalue weighted by Gasteiger charge is 2.06. The van der Waals surface area contributed by atoms with Crippen molar-refractivity contribution in [2.75, 3.05) is 19.4 Å². The van der Waals surface area contributed by atoms with Crippen LogP contribution in [0.25, 0.3) is 0 Å². The van der Waals surface area contributed by atoms with Gasteiger partial charge >= 0.3 is 0 Å².